The molecule has 0 bridgehead atoms. The topological polar surface area (TPSA) is 83.9 Å². The first kappa shape index (κ1) is 29.2. The molecule has 2 saturated carbocycles. The van der Waals surface area contributed by atoms with E-state index in [2.05, 4.69) is 0 Å². The molecule has 0 radical (unpaired) electrons. The van der Waals surface area contributed by atoms with Gasteiger partial charge in [0.2, 0.25) is 5.12 Å². The number of carbonyl (C=O) groups excluding carboxylic acids is 3. The fraction of sp³-hybridized carbons (Fsp3) is 0.581. The van der Waals surface area contributed by atoms with E-state index >= 15 is 8.78 Å². The van der Waals surface area contributed by atoms with Gasteiger partial charge in [-0.2, -0.15) is 5.06 Å². The number of rotatable bonds is 5. The number of alkyl halides is 1. The molecule has 6 rings (SSSR count). The number of hydroxylamine groups is 2. The molecule has 1 N–H and O–H groups in total. The Kier molecular flexibility index (Phi) is 6.98. The van der Waals surface area contributed by atoms with E-state index < -0.39 is 45.9 Å². The Balaban J connectivity index is 1.40. The highest BCUT2D eigenvalue weighted by Crippen LogP contribution is 2.73. The summed E-state index contributed by atoms with van der Waals surface area (Å²) in [6, 6.07) is 7.31. The number of hydrogen-bond acceptors (Lipinski definition) is 7. The number of Topliss-reactive ketones (excluding diaryl/α,β-unsaturated/α-hetero) is 1. The van der Waals surface area contributed by atoms with Crippen LogP contribution in [0.3, 0.4) is 0 Å². The molecule has 1 saturated heterocycles. The number of thioether (sulfide) groups is 1. The Morgan fingerprint density at radius 1 is 1.22 bits per heavy atom. The van der Waals surface area contributed by atoms with E-state index in [1.807, 2.05) is 19.1 Å². The zero-order valence-electron chi connectivity index (χ0n) is 23.3. The van der Waals surface area contributed by atoms with E-state index in [9.17, 15) is 19.5 Å². The van der Waals surface area contributed by atoms with Gasteiger partial charge >= 0.3 is 0 Å². The molecule has 220 valence electrons. The standard InChI is InChI=1S/C31H34ClF2NO5S/c1-17(36)16-41-27(39)31-19(15-35(40-31)14-18-4-6-20(32)7-5-18)10-22-23-12-25(33)24-11-21(37)8-9-28(24,2)30(23,34)26(38)13-29(22,31)3/h4-9,19,22-23,26,38H,10-16H2,1-3H3/t19-,22-,23-,26-,28-,29-,30-,31-/m0/s1. The van der Waals surface area contributed by atoms with Gasteiger partial charge in [-0.1, -0.05) is 48.5 Å². The second kappa shape index (κ2) is 9.81. The normalized spacial score (nSPS) is 41.6. The van der Waals surface area contributed by atoms with Crippen molar-refractivity contribution in [2.75, 3.05) is 12.3 Å². The molecule has 3 fully saturated rings. The summed E-state index contributed by atoms with van der Waals surface area (Å²) in [6.07, 6.45) is 1.07. The maximum atomic E-state index is 17.6. The molecule has 6 nitrogen and oxygen atoms in total. The zero-order valence-corrected chi connectivity index (χ0v) is 24.9. The van der Waals surface area contributed by atoms with Crippen LogP contribution in [0, 0.1) is 28.6 Å². The highest BCUT2D eigenvalue weighted by Gasteiger charge is 2.79. The molecule has 41 heavy (non-hydrogen) atoms. The summed E-state index contributed by atoms with van der Waals surface area (Å²) in [5, 5.41) is 13.7. The van der Waals surface area contributed by atoms with Crippen molar-refractivity contribution < 1.29 is 33.1 Å². The van der Waals surface area contributed by atoms with E-state index in [-0.39, 0.29) is 53.2 Å². The predicted molar refractivity (Wildman–Crippen MR) is 151 cm³/mol. The second-order valence-electron chi connectivity index (χ2n) is 12.9. The zero-order chi connectivity index (χ0) is 29.5. The van der Waals surface area contributed by atoms with Crippen LogP contribution < -0.4 is 0 Å². The maximum Gasteiger partial charge on any atom is 0.224 e. The van der Waals surface area contributed by atoms with Crippen molar-refractivity contribution in [2.45, 2.75) is 70.4 Å². The van der Waals surface area contributed by atoms with Gasteiger partial charge in [-0.25, -0.2) is 8.78 Å². The van der Waals surface area contributed by atoms with E-state index in [1.54, 1.807) is 24.1 Å². The number of nitrogens with zero attached hydrogens (tertiary/aromatic N) is 1. The molecule has 4 aliphatic carbocycles. The Bertz CT molecular complexity index is 1380. The van der Waals surface area contributed by atoms with Crippen LogP contribution in [-0.4, -0.2) is 56.5 Å². The van der Waals surface area contributed by atoms with Crippen molar-refractivity contribution in [3.05, 3.63) is 58.4 Å². The minimum Gasteiger partial charge on any atom is -0.390 e. The Morgan fingerprint density at radius 2 is 1.93 bits per heavy atom. The van der Waals surface area contributed by atoms with Crippen molar-refractivity contribution in [1.29, 1.82) is 0 Å². The fourth-order valence-corrected chi connectivity index (χ4v) is 9.91. The lowest BCUT2D eigenvalue weighted by atomic mass is 9.45. The number of halogens is 3. The van der Waals surface area contributed by atoms with Gasteiger partial charge in [0, 0.05) is 53.6 Å². The molecule has 0 aromatic heterocycles. The summed E-state index contributed by atoms with van der Waals surface area (Å²) in [4.78, 5) is 44.8. The molecule has 0 amide bonds. The molecular formula is C31H34ClF2NO5S. The number of carbonyl (C=O) groups is 3. The van der Waals surface area contributed by atoms with Gasteiger partial charge in [-0.3, -0.25) is 19.2 Å². The van der Waals surface area contributed by atoms with Crippen molar-refractivity contribution in [1.82, 2.24) is 5.06 Å². The van der Waals surface area contributed by atoms with Gasteiger partial charge in [-0.15, -0.1) is 0 Å². The Hall–Kier alpha value is -1.91. The van der Waals surface area contributed by atoms with Gasteiger partial charge < -0.3 is 5.11 Å². The number of fused-ring (bicyclic) bond motifs is 7. The highest BCUT2D eigenvalue weighted by atomic mass is 35.5. The fourth-order valence-electron chi connectivity index (χ4n) is 8.80. The maximum absolute atomic E-state index is 17.6. The molecule has 8 atom stereocenters. The summed E-state index contributed by atoms with van der Waals surface area (Å²) in [7, 11) is 0. The van der Waals surface area contributed by atoms with Gasteiger partial charge in [0.25, 0.3) is 0 Å². The van der Waals surface area contributed by atoms with Crippen LogP contribution in [0.15, 0.2) is 47.8 Å². The van der Waals surface area contributed by atoms with Crippen LogP contribution in [0.1, 0.15) is 52.0 Å². The van der Waals surface area contributed by atoms with Crippen LogP contribution in [0.5, 0.6) is 0 Å². The molecular weight excluding hydrogens is 572 g/mol. The van der Waals surface area contributed by atoms with Crippen molar-refractivity contribution >= 4 is 40.0 Å². The predicted octanol–water partition coefficient (Wildman–Crippen LogP) is 5.57. The molecule has 1 aromatic rings. The largest absolute Gasteiger partial charge is 0.390 e. The molecule has 0 unspecified atom stereocenters. The quantitative estimate of drug-likeness (QED) is 0.470. The lowest BCUT2D eigenvalue weighted by Gasteiger charge is -2.62. The van der Waals surface area contributed by atoms with Crippen LogP contribution in [0.25, 0.3) is 0 Å². The van der Waals surface area contributed by atoms with Gasteiger partial charge in [0.15, 0.2) is 17.1 Å². The average Bonchev–Trinajstić information content (AvgIpc) is 3.39. The number of ketones is 2. The summed E-state index contributed by atoms with van der Waals surface area (Å²) in [6.45, 7) is 5.62. The third-order valence-corrected chi connectivity index (χ3v) is 12.1. The van der Waals surface area contributed by atoms with Crippen LogP contribution >= 0.6 is 23.4 Å². The molecule has 1 aliphatic heterocycles. The number of allylic oxidation sites excluding steroid dienone is 4. The average molecular weight is 606 g/mol. The lowest BCUT2D eigenvalue weighted by Crippen LogP contribution is -2.69. The van der Waals surface area contributed by atoms with Crippen LogP contribution in [-0.2, 0) is 25.8 Å². The van der Waals surface area contributed by atoms with Crippen molar-refractivity contribution in [2.24, 2.45) is 28.6 Å². The van der Waals surface area contributed by atoms with Crippen LogP contribution in [0.2, 0.25) is 5.02 Å². The van der Waals surface area contributed by atoms with Crippen molar-refractivity contribution in [3.8, 4) is 0 Å². The van der Waals surface area contributed by atoms with E-state index in [0.29, 0.717) is 24.5 Å². The third kappa shape index (κ3) is 4.02. The van der Waals surface area contributed by atoms with E-state index in [4.69, 9.17) is 16.4 Å². The van der Waals surface area contributed by atoms with E-state index in [0.717, 1.165) is 17.3 Å². The van der Waals surface area contributed by atoms with Gasteiger partial charge in [0.1, 0.15) is 11.6 Å². The molecule has 5 aliphatic rings. The number of aliphatic hydroxyl groups is 1. The number of aliphatic hydroxyl groups excluding tert-OH is 1. The first-order valence-electron chi connectivity index (χ1n) is 14.1. The smallest absolute Gasteiger partial charge is 0.224 e. The van der Waals surface area contributed by atoms with Gasteiger partial charge in [-0.05, 0) is 62.0 Å². The molecule has 1 aromatic carbocycles. The Labute approximate surface area is 247 Å². The molecule has 0 spiro atoms. The third-order valence-electron chi connectivity index (χ3n) is 10.7. The summed E-state index contributed by atoms with van der Waals surface area (Å²) in [5.41, 5.74) is -5.12. The number of hydrogen-bond donors (Lipinski definition) is 1. The van der Waals surface area contributed by atoms with Gasteiger partial charge in [0.05, 0.1) is 11.9 Å². The first-order valence-corrected chi connectivity index (χ1v) is 15.4. The number of benzene rings is 1. The molecule has 1 heterocycles. The van der Waals surface area contributed by atoms with Crippen LogP contribution in [0.4, 0.5) is 8.78 Å². The Morgan fingerprint density at radius 3 is 2.61 bits per heavy atom. The van der Waals surface area contributed by atoms with Crippen molar-refractivity contribution in [3.63, 3.8) is 0 Å². The second-order valence-corrected chi connectivity index (χ2v) is 14.3. The first-order chi connectivity index (χ1) is 19.3. The van der Waals surface area contributed by atoms with E-state index in [1.165, 1.54) is 19.1 Å². The summed E-state index contributed by atoms with van der Waals surface area (Å²) >= 11 is 6.95. The minimum absolute atomic E-state index is 0.0226. The monoisotopic (exact) mass is 605 g/mol. The summed E-state index contributed by atoms with van der Waals surface area (Å²) in [5.74, 6) is -2.73. The summed E-state index contributed by atoms with van der Waals surface area (Å²) < 4.78 is 33.3. The minimum atomic E-state index is -2.22. The highest BCUT2D eigenvalue weighted by molar-refractivity contribution is 8.14. The molecule has 10 heteroatoms. The lowest BCUT2D eigenvalue weighted by molar-refractivity contribution is -0.263. The SMILES string of the molecule is CC(=O)CSC(=O)[C@@]12ON(Cc3ccc(Cl)cc3)C[C@@H]1C[C@H]1[C@@H]3CC(F)=C4CC(=O)C=C[C@]4(C)[C@@]3(F)[C@@H](O)C[C@@]12C.